The van der Waals surface area contributed by atoms with Gasteiger partial charge in [0.1, 0.15) is 0 Å². The number of carbonyl (C=O) groups is 1. The molecule has 0 aliphatic carbocycles. The molecule has 0 saturated heterocycles. The minimum Gasteiger partial charge on any atom is -0.493 e. The maximum absolute atomic E-state index is 12.3. The second-order valence-electron chi connectivity index (χ2n) is 7.09. The van der Waals surface area contributed by atoms with Gasteiger partial charge in [0.2, 0.25) is 0 Å². The number of hydrazone groups is 1. The quantitative estimate of drug-likeness (QED) is 0.526. The summed E-state index contributed by atoms with van der Waals surface area (Å²) in [6.07, 6.45) is 2.56. The van der Waals surface area contributed by atoms with E-state index in [2.05, 4.69) is 24.4 Å². The lowest BCUT2D eigenvalue weighted by Gasteiger charge is -2.13. The summed E-state index contributed by atoms with van der Waals surface area (Å²) < 4.78 is 11.2. The van der Waals surface area contributed by atoms with Crippen molar-refractivity contribution in [2.75, 3.05) is 32.7 Å². The molecule has 2 rings (SSSR count). The molecule has 0 aliphatic rings. The highest BCUT2D eigenvalue weighted by Gasteiger charge is 2.07. The SMILES string of the molecule is COc1cc(/C=N/NC(=O)c2cccc(N(C)C)c2)ccc1OCCC(C)C. The van der Waals surface area contributed by atoms with Gasteiger partial charge < -0.3 is 14.4 Å². The number of carbonyl (C=O) groups excluding carboxylic acids is 1. The van der Waals surface area contributed by atoms with Crippen LogP contribution in [0.5, 0.6) is 11.5 Å². The van der Waals surface area contributed by atoms with E-state index in [-0.39, 0.29) is 5.91 Å². The van der Waals surface area contributed by atoms with Gasteiger partial charge in [-0.15, -0.1) is 0 Å². The molecule has 1 N–H and O–H groups in total. The van der Waals surface area contributed by atoms with Crippen molar-refractivity contribution in [2.45, 2.75) is 20.3 Å². The Labute approximate surface area is 167 Å². The van der Waals surface area contributed by atoms with Crippen molar-refractivity contribution >= 4 is 17.8 Å². The number of hydrogen-bond donors (Lipinski definition) is 1. The van der Waals surface area contributed by atoms with E-state index in [0.29, 0.717) is 29.6 Å². The number of benzene rings is 2. The van der Waals surface area contributed by atoms with Crippen LogP contribution in [-0.2, 0) is 0 Å². The van der Waals surface area contributed by atoms with Crippen LogP contribution in [0.15, 0.2) is 47.6 Å². The zero-order valence-corrected chi connectivity index (χ0v) is 17.2. The molecule has 0 spiro atoms. The Bertz CT molecular complexity index is 816. The molecule has 0 saturated carbocycles. The third-order valence-electron chi connectivity index (χ3n) is 4.14. The average molecular weight is 383 g/mol. The van der Waals surface area contributed by atoms with E-state index >= 15 is 0 Å². The summed E-state index contributed by atoms with van der Waals surface area (Å²) >= 11 is 0. The zero-order valence-electron chi connectivity index (χ0n) is 17.2. The third-order valence-corrected chi connectivity index (χ3v) is 4.14. The van der Waals surface area contributed by atoms with Crippen molar-refractivity contribution in [1.29, 1.82) is 0 Å². The van der Waals surface area contributed by atoms with Crippen LogP contribution >= 0.6 is 0 Å². The number of amides is 1. The number of ether oxygens (including phenoxy) is 2. The first kappa shape index (κ1) is 21.3. The van der Waals surface area contributed by atoms with Crippen LogP contribution < -0.4 is 19.8 Å². The molecule has 6 nitrogen and oxygen atoms in total. The molecular formula is C22H29N3O3. The predicted octanol–water partition coefficient (Wildman–Crippen LogP) is 3.95. The van der Waals surface area contributed by atoms with Gasteiger partial charge in [-0.25, -0.2) is 5.43 Å². The van der Waals surface area contributed by atoms with E-state index in [1.807, 2.05) is 55.4 Å². The van der Waals surface area contributed by atoms with Gasteiger partial charge >= 0.3 is 0 Å². The lowest BCUT2D eigenvalue weighted by atomic mass is 10.1. The number of anilines is 1. The van der Waals surface area contributed by atoms with Crippen LogP contribution in [0.2, 0.25) is 0 Å². The number of nitrogens with zero attached hydrogens (tertiary/aromatic N) is 2. The molecule has 0 aliphatic heterocycles. The topological polar surface area (TPSA) is 63.2 Å². The lowest BCUT2D eigenvalue weighted by molar-refractivity contribution is 0.0955. The van der Waals surface area contributed by atoms with Crippen LogP contribution in [0.4, 0.5) is 5.69 Å². The van der Waals surface area contributed by atoms with Crippen LogP contribution in [0, 0.1) is 5.92 Å². The van der Waals surface area contributed by atoms with Crippen LogP contribution in [0.3, 0.4) is 0 Å². The first-order valence-electron chi connectivity index (χ1n) is 9.32. The molecule has 28 heavy (non-hydrogen) atoms. The Morgan fingerprint density at radius 3 is 2.64 bits per heavy atom. The summed E-state index contributed by atoms with van der Waals surface area (Å²) in [6, 6.07) is 12.9. The Balaban J connectivity index is 1.99. The highest BCUT2D eigenvalue weighted by Crippen LogP contribution is 2.28. The molecular weight excluding hydrogens is 354 g/mol. The van der Waals surface area contributed by atoms with E-state index in [4.69, 9.17) is 9.47 Å². The Morgan fingerprint density at radius 1 is 1.18 bits per heavy atom. The second kappa shape index (κ2) is 10.3. The predicted molar refractivity (Wildman–Crippen MR) is 114 cm³/mol. The van der Waals surface area contributed by atoms with Gasteiger partial charge in [0.15, 0.2) is 11.5 Å². The second-order valence-corrected chi connectivity index (χ2v) is 7.09. The summed E-state index contributed by atoms with van der Waals surface area (Å²) in [5.41, 5.74) is 4.86. The Morgan fingerprint density at radius 2 is 1.96 bits per heavy atom. The first-order valence-corrected chi connectivity index (χ1v) is 9.32. The molecule has 0 bridgehead atoms. The standard InChI is InChI=1S/C22H29N3O3/c1-16(2)11-12-28-20-10-9-17(13-21(20)27-5)15-23-24-22(26)18-7-6-8-19(14-18)25(3)4/h6-10,13-16H,11-12H2,1-5H3,(H,24,26)/b23-15+. The van der Waals surface area contributed by atoms with Crippen molar-refractivity contribution < 1.29 is 14.3 Å². The van der Waals surface area contributed by atoms with Crippen molar-refractivity contribution in [2.24, 2.45) is 11.0 Å². The van der Waals surface area contributed by atoms with Crippen LogP contribution in [-0.4, -0.2) is 39.9 Å². The van der Waals surface area contributed by atoms with Crippen molar-refractivity contribution in [3.05, 3.63) is 53.6 Å². The number of rotatable bonds is 9. The molecule has 2 aromatic carbocycles. The maximum Gasteiger partial charge on any atom is 0.271 e. The summed E-state index contributed by atoms with van der Waals surface area (Å²) in [7, 11) is 5.46. The minimum absolute atomic E-state index is 0.263. The smallest absolute Gasteiger partial charge is 0.271 e. The fourth-order valence-electron chi connectivity index (χ4n) is 2.44. The summed E-state index contributed by atoms with van der Waals surface area (Å²) in [5.74, 6) is 1.66. The fraction of sp³-hybridized carbons (Fsp3) is 0.364. The van der Waals surface area contributed by atoms with E-state index < -0.39 is 0 Å². The van der Waals surface area contributed by atoms with E-state index in [1.54, 1.807) is 19.4 Å². The number of methoxy groups -OCH3 is 1. The molecule has 6 heteroatoms. The van der Waals surface area contributed by atoms with Gasteiger partial charge in [0.05, 0.1) is 19.9 Å². The van der Waals surface area contributed by atoms with Crippen molar-refractivity contribution in [3.8, 4) is 11.5 Å². The normalized spacial score (nSPS) is 10.9. The lowest BCUT2D eigenvalue weighted by Crippen LogP contribution is -2.18. The molecule has 2 aromatic rings. The summed E-state index contributed by atoms with van der Waals surface area (Å²) in [5, 5.41) is 4.05. The monoisotopic (exact) mass is 383 g/mol. The molecule has 0 unspecified atom stereocenters. The summed E-state index contributed by atoms with van der Waals surface area (Å²) in [4.78, 5) is 14.2. The molecule has 0 atom stereocenters. The van der Waals surface area contributed by atoms with Crippen LogP contribution in [0.25, 0.3) is 0 Å². The van der Waals surface area contributed by atoms with Gasteiger partial charge in [-0.1, -0.05) is 19.9 Å². The average Bonchev–Trinajstić information content (AvgIpc) is 2.68. The van der Waals surface area contributed by atoms with Crippen molar-refractivity contribution in [3.63, 3.8) is 0 Å². The molecule has 1 amide bonds. The number of hydrogen-bond acceptors (Lipinski definition) is 5. The van der Waals surface area contributed by atoms with E-state index in [0.717, 1.165) is 17.7 Å². The highest BCUT2D eigenvalue weighted by molar-refractivity contribution is 5.95. The van der Waals surface area contributed by atoms with Crippen molar-refractivity contribution in [1.82, 2.24) is 5.43 Å². The van der Waals surface area contributed by atoms with E-state index in [9.17, 15) is 4.79 Å². The van der Waals surface area contributed by atoms with Gasteiger partial charge in [0, 0.05) is 25.3 Å². The van der Waals surface area contributed by atoms with E-state index in [1.165, 1.54) is 0 Å². The zero-order chi connectivity index (χ0) is 20.5. The maximum atomic E-state index is 12.3. The van der Waals surface area contributed by atoms with Gasteiger partial charge in [-0.2, -0.15) is 5.10 Å². The Kier molecular flexibility index (Phi) is 7.87. The fourth-order valence-corrected chi connectivity index (χ4v) is 2.44. The van der Waals surface area contributed by atoms with Crippen LogP contribution in [0.1, 0.15) is 36.2 Å². The molecule has 0 fully saturated rings. The molecule has 0 radical (unpaired) electrons. The largest absolute Gasteiger partial charge is 0.493 e. The molecule has 150 valence electrons. The first-order chi connectivity index (χ1) is 13.4. The molecule has 0 aromatic heterocycles. The Hall–Kier alpha value is -3.02. The van der Waals surface area contributed by atoms with Gasteiger partial charge in [-0.3, -0.25) is 4.79 Å². The van der Waals surface area contributed by atoms with Gasteiger partial charge in [0.25, 0.3) is 5.91 Å². The highest BCUT2D eigenvalue weighted by atomic mass is 16.5. The summed E-state index contributed by atoms with van der Waals surface area (Å²) in [6.45, 7) is 4.96. The van der Waals surface area contributed by atoms with Gasteiger partial charge in [-0.05, 0) is 54.3 Å². The third kappa shape index (κ3) is 6.30. The molecule has 0 heterocycles. The minimum atomic E-state index is -0.263. The number of nitrogens with one attached hydrogen (secondary N) is 1.